The summed E-state index contributed by atoms with van der Waals surface area (Å²) in [5, 5.41) is 0. The fourth-order valence-electron chi connectivity index (χ4n) is 2.98. The van der Waals surface area contributed by atoms with Gasteiger partial charge >= 0.3 is 0 Å². The molecule has 0 radical (unpaired) electrons. The van der Waals surface area contributed by atoms with Crippen LogP contribution in [0.1, 0.15) is 51.3 Å². The summed E-state index contributed by atoms with van der Waals surface area (Å²) in [5.41, 5.74) is 3.95. The zero-order chi connectivity index (χ0) is 19.6. The van der Waals surface area contributed by atoms with Crippen LogP contribution in [0.25, 0.3) is 0 Å². The van der Waals surface area contributed by atoms with Crippen LogP contribution < -0.4 is 0 Å². The monoisotopic (exact) mass is 368 g/mol. The lowest BCUT2D eigenvalue weighted by Crippen LogP contribution is -2.21. The van der Waals surface area contributed by atoms with Gasteiger partial charge in [-0.25, -0.2) is 0 Å². The van der Waals surface area contributed by atoms with Gasteiger partial charge < -0.3 is 9.47 Å². The Morgan fingerprint density at radius 2 is 1.37 bits per heavy atom. The first-order valence-corrected chi connectivity index (χ1v) is 10.3. The van der Waals surface area contributed by atoms with Gasteiger partial charge in [-0.15, -0.1) is 0 Å². The molecule has 2 heteroatoms. The Bertz CT molecular complexity index is 650. The van der Waals surface area contributed by atoms with E-state index in [1.807, 2.05) is 0 Å². The van der Waals surface area contributed by atoms with Gasteiger partial charge in [-0.2, -0.15) is 0 Å². The molecule has 0 aliphatic heterocycles. The highest BCUT2D eigenvalue weighted by Crippen LogP contribution is 2.17. The van der Waals surface area contributed by atoms with Gasteiger partial charge in [-0.05, 0) is 55.2 Å². The van der Waals surface area contributed by atoms with Crippen LogP contribution >= 0.6 is 0 Å². The van der Waals surface area contributed by atoms with Crippen LogP contribution in [0.5, 0.6) is 0 Å². The third kappa shape index (κ3) is 7.86. The maximum Gasteiger partial charge on any atom is 0.0720 e. The van der Waals surface area contributed by atoms with Crippen LogP contribution in [-0.4, -0.2) is 18.8 Å². The van der Waals surface area contributed by atoms with Crippen LogP contribution in [0.4, 0.5) is 0 Å². The van der Waals surface area contributed by atoms with Crippen molar-refractivity contribution in [1.29, 1.82) is 0 Å². The van der Waals surface area contributed by atoms with Crippen molar-refractivity contribution < 1.29 is 9.47 Å². The van der Waals surface area contributed by atoms with Gasteiger partial charge in [0.2, 0.25) is 0 Å². The third-order valence-electron chi connectivity index (χ3n) is 5.42. The highest BCUT2D eigenvalue weighted by atomic mass is 16.5. The van der Waals surface area contributed by atoms with E-state index in [0.717, 1.165) is 19.4 Å². The fraction of sp³-hybridized carbons (Fsp3) is 0.520. The average Bonchev–Trinajstić information content (AvgIpc) is 2.67. The molecule has 0 spiro atoms. The normalized spacial score (nSPS) is 14.9. The van der Waals surface area contributed by atoms with Crippen molar-refractivity contribution in [2.75, 3.05) is 6.61 Å². The SMILES string of the molecule is CC(C)C(C)OCc1cccc(CC(C)C(C)OCCc2ccccc2)c1. The minimum absolute atomic E-state index is 0.245. The van der Waals surface area contributed by atoms with E-state index in [9.17, 15) is 0 Å². The topological polar surface area (TPSA) is 18.5 Å². The summed E-state index contributed by atoms with van der Waals surface area (Å²) in [4.78, 5) is 0. The molecular formula is C25H36O2. The van der Waals surface area contributed by atoms with Crippen molar-refractivity contribution in [3.63, 3.8) is 0 Å². The Morgan fingerprint density at radius 3 is 2.07 bits per heavy atom. The van der Waals surface area contributed by atoms with E-state index < -0.39 is 0 Å². The van der Waals surface area contributed by atoms with Gasteiger partial charge in [0.1, 0.15) is 0 Å². The fourth-order valence-corrected chi connectivity index (χ4v) is 2.98. The van der Waals surface area contributed by atoms with Crippen molar-refractivity contribution in [3.05, 3.63) is 71.3 Å². The summed E-state index contributed by atoms with van der Waals surface area (Å²) in [6.07, 6.45) is 2.53. The van der Waals surface area contributed by atoms with Crippen LogP contribution in [-0.2, 0) is 28.9 Å². The first kappa shape index (κ1) is 21.7. The minimum Gasteiger partial charge on any atom is -0.378 e. The molecule has 0 bridgehead atoms. The summed E-state index contributed by atoms with van der Waals surface area (Å²) in [7, 11) is 0. The van der Waals surface area contributed by atoms with Gasteiger partial charge in [-0.3, -0.25) is 0 Å². The number of rotatable bonds is 11. The van der Waals surface area contributed by atoms with E-state index >= 15 is 0 Å². The minimum atomic E-state index is 0.245. The number of hydrogen-bond donors (Lipinski definition) is 0. The summed E-state index contributed by atoms with van der Waals surface area (Å²) in [6, 6.07) is 19.3. The molecular weight excluding hydrogens is 332 g/mol. The Kier molecular flexibility index (Phi) is 9.03. The second kappa shape index (κ2) is 11.3. The first-order valence-electron chi connectivity index (χ1n) is 10.3. The van der Waals surface area contributed by atoms with Crippen molar-refractivity contribution in [1.82, 2.24) is 0 Å². The van der Waals surface area contributed by atoms with Crippen LogP contribution in [0, 0.1) is 11.8 Å². The highest BCUT2D eigenvalue weighted by molar-refractivity contribution is 5.23. The standard InChI is InChI=1S/C25H36O2/c1-19(2)21(4)27-18-25-13-9-12-24(17-25)16-20(3)22(5)26-15-14-23-10-7-6-8-11-23/h6-13,17,19-22H,14-16,18H2,1-5H3. The molecule has 2 aromatic rings. The highest BCUT2D eigenvalue weighted by Gasteiger charge is 2.14. The second-order valence-electron chi connectivity index (χ2n) is 8.07. The van der Waals surface area contributed by atoms with E-state index in [1.165, 1.54) is 16.7 Å². The molecule has 0 aliphatic carbocycles. The largest absolute Gasteiger partial charge is 0.378 e. The lowest BCUT2D eigenvalue weighted by atomic mass is 9.95. The summed E-state index contributed by atoms with van der Waals surface area (Å²) < 4.78 is 12.1. The molecule has 3 unspecified atom stereocenters. The van der Waals surface area contributed by atoms with Crippen LogP contribution in [0.2, 0.25) is 0 Å². The molecule has 0 saturated heterocycles. The molecule has 0 saturated carbocycles. The zero-order valence-electron chi connectivity index (χ0n) is 17.7. The lowest BCUT2D eigenvalue weighted by Gasteiger charge is -2.21. The third-order valence-corrected chi connectivity index (χ3v) is 5.42. The number of hydrogen-bond acceptors (Lipinski definition) is 2. The summed E-state index contributed by atoms with van der Waals surface area (Å²) in [5.74, 6) is 1.02. The number of benzene rings is 2. The van der Waals surface area contributed by atoms with E-state index in [1.54, 1.807) is 0 Å². The summed E-state index contributed by atoms with van der Waals surface area (Å²) in [6.45, 7) is 12.5. The molecule has 2 rings (SSSR count). The molecule has 0 aromatic heterocycles. The Morgan fingerprint density at radius 1 is 0.704 bits per heavy atom. The predicted molar refractivity (Wildman–Crippen MR) is 114 cm³/mol. The van der Waals surface area contributed by atoms with Crippen LogP contribution in [0.3, 0.4) is 0 Å². The molecule has 0 heterocycles. The summed E-state index contributed by atoms with van der Waals surface area (Å²) >= 11 is 0. The quantitative estimate of drug-likeness (QED) is 0.479. The zero-order valence-corrected chi connectivity index (χ0v) is 17.7. The lowest BCUT2D eigenvalue weighted by molar-refractivity contribution is 0.0234. The van der Waals surface area contributed by atoms with Crippen molar-refractivity contribution in [3.8, 4) is 0 Å². The maximum atomic E-state index is 6.09. The van der Waals surface area contributed by atoms with Gasteiger partial charge in [0.05, 0.1) is 25.4 Å². The van der Waals surface area contributed by atoms with Crippen LogP contribution in [0.15, 0.2) is 54.6 Å². The molecule has 0 aliphatic rings. The van der Waals surface area contributed by atoms with Crippen molar-refractivity contribution in [2.45, 2.75) is 66.3 Å². The molecule has 2 nitrogen and oxygen atoms in total. The van der Waals surface area contributed by atoms with E-state index in [0.29, 0.717) is 18.4 Å². The van der Waals surface area contributed by atoms with E-state index in [-0.39, 0.29) is 12.2 Å². The molecule has 0 N–H and O–H groups in total. The van der Waals surface area contributed by atoms with E-state index in [4.69, 9.17) is 9.47 Å². The van der Waals surface area contributed by atoms with Crippen molar-refractivity contribution >= 4 is 0 Å². The Hall–Kier alpha value is -1.64. The van der Waals surface area contributed by atoms with Gasteiger partial charge in [0, 0.05) is 0 Å². The predicted octanol–water partition coefficient (Wildman–Crippen LogP) is 6.07. The Labute approximate surface area is 165 Å². The number of ether oxygens (including phenoxy) is 2. The molecule has 148 valence electrons. The van der Waals surface area contributed by atoms with Gasteiger partial charge in [0.15, 0.2) is 0 Å². The Balaban J connectivity index is 1.78. The molecule has 3 atom stereocenters. The molecule has 27 heavy (non-hydrogen) atoms. The first-order chi connectivity index (χ1) is 13.0. The average molecular weight is 369 g/mol. The van der Waals surface area contributed by atoms with E-state index in [2.05, 4.69) is 89.2 Å². The molecule has 2 aromatic carbocycles. The van der Waals surface area contributed by atoms with Crippen molar-refractivity contribution in [2.24, 2.45) is 11.8 Å². The van der Waals surface area contributed by atoms with Gasteiger partial charge in [0.25, 0.3) is 0 Å². The molecule has 0 fully saturated rings. The smallest absolute Gasteiger partial charge is 0.0720 e. The maximum absolute atomic E-state index is 6.09. The van der Waals surface area contributed by atoms with Gasteiger partial charge in [-0.1, -0.05) is 75.4 Å². The second-order valence-corrected chi connectivity index (χ2v) is 8.07. The molecule has 0 amide bonds.